The van der Waals surface area contributed by atoms with E-state index in [1.165, 1.54) is 18.2 Å². The maximum Gasteiger partial charge on any atom is 0.573 e. The molecule has 0 aliphatic rings. The number of anilines is 1. The molecule has 0 fully saturated rings. The first-order valence-corrected chi connectivity index (χ1v) is 5.20. The van der Waals surface area contributed by atoms with Crippen molar-refractivity contribution in [1.29, 1.82) is 0 Å². The number of benzene rings is 1. The van der Waals surface area contributed by atoms with Crippen LogP contribution < -0.4 is 15.4 Å². The van der Waals surface area contributed by atoms with E-state index in [1.54, 1.807) is 13.8 Å². The second kappa shape index (κ2) is 5.61. The van der Waals surface area contributed by atoms with Crippen LogP contribution in [0.2, 0.25) is 0 Å². The summed E-state index contributed by atoms with van der Waals surface area (Å²) in [5.41, 5.74) is -0.0482. The number of amides is 2. The standard InChI is InChI=1S/C11H13F3N2O2/c1-7(2)15-10(17)16-8-5-3-4-6-9(8)18-11(12,13)14/h3-7H,1-2H3,(H2,15,16,17). The summed E-state index contributed by atoms with van der Waals surface area (Å²) in [6, 6.07) is 4.60. The lowest BCUT2D eigenvalue weighted by Gasteiger charge is -2.15. The molecule has 0 saturated carbocycles. The molecule has 1 aromatic rings. The lowest BCUT2D eigenvalue weighted by Crippen LogP contribution is -2.34. The molecule has 0 aliphatic heterocycles. The molecule has 0 unspecified atom stereocenters. The largest absolute Gasteiger partial charge is 0.573 e. The number of nitrogens with one attached hydrogen (secondary N) is 2. The summed E-state index contributed by atoms with van der Waals surface area (Å²) >= 11 is 0. The molecule has 0 aliphatic carbocycles. The Hall–Kier alpha value is -1.92. The van der Waals surface area contributed by atoms with Gasteiger partial charge < -0.3 is 15.4 Å². The highest BCUT2D eigenvalue weighted by molar-refractivity contribution is 5.91. The van der Waals surface area contributed by atoms with E-state index in [1.807, 2.05) is 0 Å². The zero-order chi connectivity index (χ0) is 13.8. The van der Waals surface area contributed by atoms with Crippen molar-refractivity contribution in [3.63, 3.8) is 0 Å². The molecular weight excluding hydrogens is 249 g/mol. The number of hydrogen-bond acceptors (Lipinski definition) is 2. The second-order valence-electron chi connectivity index (χ2n) is 3.80. The summed E-state index contributed by atoms with van der Waals surface area (Å²) in [6.07, 6.45) is -4.80. The normalized spacial score (nSPS) is 11.2. The van der Waals surface area contributed by atoms with Crippen molar-refractivity contribution in [2.45, 2.75) is 26.3 Å². The molecule has 0 heterocycles. The fourth-order valence-electron chi connectivity index (χ4n) is 1.20. The van der Waals surface area contributed by atoms with E-state index in [0.717, 1.165) is 6.07 Å². The number of carbonyl (C=O) groups is 1. The molecule has 0 saturated heterocycles. The minimum absolute atomic E-state index is 0.0482. The molecule has 2 N–H and O–H groups in total. The Kier molecular flexibility index (Phi) is 4.41. The Balaban J connectivity index is 2.79. The fraction of sp³-hybridized carbons (Fsp3) is 0.364. The molecule has 0 radical (unpaired) electrons. The predicted molar refractivity (Wildman–Crippen MR) is 60.4 cm³/mol. The lowest BCUT2D eigenvalue weighted by atomic mass is 10.3. The monoisotopic (exact) mass is 262 g/mol. The number of halogens is 3. The first kappa shape index (κ1) is 14.1. The number of carbonyl (C=O) groups excluding carboxylic acids is 1. The molecule has 7 heteroatoms. The average Bonchev–Trinajstić information content (AvgIpc) is 2.17. The molecule has 4 nitrogen and oxygen atoms in total. The third-order valence-corrected chi connectivity index (χ3v) is 1.78. The van der Waals surface area contributed by atoms with Crippen molar-refractivity contribution in [3.05, 3.63) is 24.3 Å². The number of urea groups is 1. The number of rotatable bonds is 3. The van der Waals surface area contributed by atoms with Gasteiger partial charge in [-0.2, -0.15) is 0 Å². The van der Waals surface area contributed by atoms with E-state index in [2.05, 4.69) is 15.4 Å². The van der Waals surface area contributed by atoms with Crippen LogP contribution in [0.1, 0.15) is 13.8 Å². The van der Waals surface area contributed by atoms with Crippen LogP contribution in [0.3, 0.4) is 0 Å². The van der Waals surface area contributed by atoms with Crippen LogP contribution in [0.5, 0.6) is 5.75 Å². The van der Waals surface area contributed by atoms with Gasteiger partial charge in [0.1, 0.15) is 0 Å². The van der Waals surface area contributed by atoms with E-state index >= 15 is 0 Å². The maximum atomic E-state index is 12.1. The summed E-state index contributed by atoms with van der Waals surface area (Å²) in [7, 11) is 0. The minimum atomic E-state index is -4.80. The van der Waals surface area contributed by atoms with Crippen molar-refractivity contribution in [1.82, 2.24) is 5.32 Å². The average molecular weight is 262 g/mol. The van der Waals surface area contributed by atoms with Gasteiger partial charge in [-0.05, 0) is 26.0 Å². The molecule has 2 amide bonds. The summed E-state index contributed by atoms with van der Waals surface area (Å²) in [5.74, 6) is -0.455. The third-order valence-electron chi connectivity index (χ3n) is 1.78. The van der Waals surface area contributed by atoms with Crippen molar-refractivity contribution >= 4 is 11.7 Å². The van der Waals surface area contributed by atoms with Crippen LogP contribution >= 0.6 is 0 Å². The lowest BCUT2D eigenvalue weighted by molar-refractivity contribution is -0.274. The summed E-state index contributed by atoms with van der Waals surface area (Å²) in [6.45, 7) is 3.47. The molecule has 0 atom stereocenters. The first-order valence-electron chi connectivity index (χ1n) is 5.20. The van der Waals surface area contributed by atoms with Gasteiger partial charge in [-0.25, -0.2) is 4.79 Å². The highest BCUT2D eigenvalue weighted by Gasteiger charge is 2.32. The smallest absolute Gasteiger partial charge is 0.404 e. The number of ether oxygens (including phenoxy) is 1. The van der Waals surface area contributed by atoms with E-state index in [9.17, 15) is 18.0 Å². The van der Waals surface area contributed by atoms with E-state index in [0.29, 0.717) is 0 Å². The number of alkyl halides is 3. The topological polar surface area (TPSA) is 50.4 Å². The van der Waals surface area contributed by atoms with Gasteiger partial charge in [-0.3, -0.25) is 0 Å². The van der Waals surface area contributed by atoms with Gasteiger partial charge in [-0.15, -0.1) is 13.2 Å². The highest BCUT2D eigenvalue weighted by Crippen LogP contribution is 2.29. The summed E-state index contributed by atoms with van der Waals surface area (Å²) < 4.78 is 40.2. The molecule has 0 spiro atoms. The zero-order valence-electron chi connectivity index (χ0n) is 9.84. The Labute approximate surface area is 102 Å². The van der Waals surface area contributed by atoms with Crippen LogP contribution in [0, 0.1) is 0 Å². The Morgan fingerprint density at radius 1 is 1.28 bits per heavy atom. The predicted octanol–water partition coefficient (Wildman–Crippen LogP) is 3.12. The van der Waals surface area contributed by atoms with Crippen molar-refractivity contribution < 1.29 is 22.7 Å². The Morgan fingerprint density at radius 2 is 1.89 bits per heavy atom. The van der Waals surface area contributed by atoms with Crippen LogP contribution in [-0.4, -0.2) is 18.4 Å². The molecular formula is C11H13F3N2O2. The van der Waals surface area contributed by atoms with E-state index < -0.39 is 18.1 Å². The third kappa shape index (κ3) is 4.94. The molecule has 0 aromatic heterocycles. The van der Waals surface area contributed by atoms with Crippen molar-refractivity contribution in [2.75, 3.05) is 5.32 Å². The Morgan fingerprint density at radius 3 is 2.44 bits per heavy atom. The van der Waals surface area contributed by atoms with Gasteiger partial charge in [0, 0.05) is 6.04 Å². The van der Waals surface area contributed by atoms with Crippen molar-refractivity contribution in [3.8, 4) is 5.75 Å². The minimum Gasteiger partial charge on any atom is -0.404 e. The highest BCUT2D eigenvalue weighted by atomic mass is 19.4. The first-order chi connectivity index (χ1) is 8.28. The van der Waals surface area contributed by atoms with Gasteiger partial charge in [0.2, 0.25) is 0 Å². The van der Waals surface area contributed by atoms with Gasteiger partial charge in [-0.1, -0.05) is 12.1 Å². The van der Waals surface area contributed by atoms with Crippen LogP contribution in [0.15, 0.2) is 24.3 Å². The Bertz CT molecular complexity index is 419. The second-order valence-corrected chi connectivity index (χ2v) is 3.80. The summed E-state index contributed by atoms with van der Waals surface area (Å²) in [4.78, 5) is 11.4. The van der Waals surface area contributed by atoms with Gasteiger partial charge in [0.25, 0.3) is 0 Å². The van der Waals surface area contributed by atoms with Gasteiger partial charge >= 0.3 is 12.4 Å². The zero-order valence-corrected chi connectivity index (χ0v) is 9.84. The van der Waals surface area contributed by atoms with Gasteiger partial charge in [0.15, 0.2) is 5.75 Å². The summed E-state index contributed by atoms with van der Waals surface area (Å²) in [5, 5.41) is 4.78. The molecule has 1 rings (SSSR count). The number of hydrogen-bond donors (Lipinski definition) is 2. The fourth-order valence-corrected chi connectivity index (χ4v) is 1.20. The molecule has 18 heavy (non-hydrogen) atoms. The number of para-hydroxylation sites is 2. The van der Waals surface area contributed by atoms with E-state index in [4.69, 9.17) is 0 Å². The van der Waals surface area contributed by atoms with Crippen LogP contribution in [0.4, 0.5) is 23.7 Å². The molecule has 100 valence electrons. The van der Waals surface area contributed by atoms with Gasteiger partial charge in [0.05, 0.1) is 5.69 Å². The SMILES string of the molecule is CC(C)NC(=O)Nc1ccccc1OC(F)(F)F. The quantitative estimate of drug-likeness (QED) is 0.879. The van der Waals surface area contributed by atoms with Crippen LogP contribution in [0.25, 0.3) is 0 Å². The van der Waals surface area contributed by atoms with E-state index in [-0.39, 0.29) is 11.7 Å². The van der Waals surface area contributed by atoms with Crippen molar-refractivity contribution in [2.24, 2.45) is 0 Å². The van der Waals surface area contributed by atoms with Crippen LogP contribution in [-0.2, 0) is 0 Å². The maximum absolute atomic E-state index is 12.1. The molecule has 1 aromatic carbocycles. The molecule has 0 bridgehead atoms.